The van der Waals surface area contributed by atoms with Gasteiger partial charge >= 0.3 is 6.01 Å². The average molecular weight is 299 g/mol. The molecule has 1 heterocycles. The average Bonchev–Trinajstić information content (AvgIpc) is 2.42. The summed E-state index contributed by atoms with van der Waals surface area (Å²) >= 11 is 5.67. The number of hydrogen-bond acceptors (Lipinski definition) is 7. The van der Waals surface area contributed by atoms with E-state index in [0.717, 1.165) is 0 Å². The van der Waals surface area contributed by atoms with E-state index in [0.29, 0.717) is 11.7 Å². The van der Waals surface area contributed by atoms with Gasteiger partial charge in [-0.3, -0.25) is 5.43 Å². The SMILES string of the molecule is CN(C)c1nc(NN)nc(Oc2ccc(F)c(Cl)c2)n1. The van der Waals surface area contributed by atoms with Gasteiger partial charge < -0.3 is 9.64 Å². The highest BCUT2D eigenvalue weighted by Gasteiger charge is 2.10. The molecular weight excluding hydrogens is 287 g/mol. The number of halogens is 2. The Morgan fingerprint density at radius 3 is 2.65 bits per heavy atom. The van der Waals surface area contributed by atoms with Gasteiger partial charge in [0, 0.05) is 20.2 Å². The number of hydrazine groups is 1. The molecule has 106 valence electrons. The molecular formula is C11H12ClFN6O. The first-order valence-electron chi connectivity index (χ1n) is 5.52. The van der Waals surface area contributed by atoms with E-state index >= 15 is 0 Å². The lowest BCUT2D eigenvalue weighted by Crippen LogP contribution is -2.17. The maximum Gasteiger partial charge on any atom is 0.328 e. The summed E-state index contributed by atoms with van der Waals surface area (Å²) in [5.74, 6) is 5.55. The summed E-state index contributed by atoms with van der Waals surface area (Å²) < 4.78 is 18.5. The number of nitrogen functional groups attached to an aromatic ring is 1. The van der Waals surface area contributed by atoms with Crippen molar-refractivity contribution in [1.82, 2.24) is 15.0 Å². The lowest BCUT2D eigenvalue weighted by molar-refractivity contribution is 0.439. The number of rotatable bonds is 4. The molecule has 0 fully saturated rings. The largest absolute Gasteiger partial charge is 0.424 e. The molecule has 20 heavy (non-hydrogen) atoms. The molecule has 0 aliphatic heterocycles. The summed E-state index contributed by atoms with van der Waals surface area (Å²) in [6, 6.07) is 3.94. The Hall–Kier alpha value is -2.19. The fourth-order valence-corrected chi connectivity index (χ4v) is 1.47. The highest BCUT2D eigenvalue weighted by atomic mass is 35.5. The van der Waals surface area contributed by atoms with Crippen molar-refractivity contribution >= 4 is 23.5 Å². The minimum Gasteiger partial charge on any atom is -0.424 e. The topological polar surface area (TPSA) is 89.2 Å². The van der Waals surface area contributed by atoms with Crippen LogP contribution in [0.1, 0.15) is 0 Å². The van der Waals surface area contributed by atoms with Crippen LogP contribution in [0.2, 0.25) is 5.02 Å². The molecule has 0 unspecified atom stereocenters. The predicted molar refractivity (Wildman–Crippen MR) is 73.4 cm³/mol. The molecule has 0 amide bonds. The van der Waals surface area contributed by atoms with E-state index in [4.69, 9.17) is 22.2 Å². The Balaban J connectivity index is 2.32. The molecule has 2 aromatic rings. The first-order chi connectivity index (χ1) is 9.49. The van der Waals surface area contributed by atoms with E-state index in [1.54, 1.807) is 19.0 Å². The van der Waals surface area contributed by atoms with Crippen molar-refractivity contribution in [1.29, 1.82) is 0 Å². The van der Waals surface area contributed by atoms with E-state index in [1.165, 1.54) is 18.2 Å². The van der Waals surface area contributed by atoms with Gasteiger partial charge in [0.1, 0.15) is 11.6 Å². The number of benzene rings is 1. The molecule has 0 radical (unpaired) electrons. The van der Waals surface area contributed by atoms with Crippen LogP contribution >= 0.6 is 11.6 Å². The summed E-state index contributed by atoms with van der Waals surface area (Å²) in [4.78, 5) is 13.7. The van der Waals surface area contributed by atoms with Crippen molar-refractivity contribution < 1.29 is 9.13 Å². The van der Waals surface area contributed by atoms with Crippen molar-refractivity contribution in [3.05, 3.63) is 29.0 Å². The maximum atomic E-state index is 13.1. The van der Waals surface area contributed by atoms with Crippen LogP contribution in [0.3, 0.4) is 0 Å². The van der Waals surface area contributed by atoms with Gasteiger partial charge in [-0.25, -0.2) is 10.2 Å². The second-order valence-electron chi connectivity index (χ2n) is 3.96. The van der Waals surface area contributed by atoms with Gasteiger partial charge in [0.2, 0.25) is 11.9 Å². The standard InChI is InChI=1S/C11H12ClFN6O/c1-19(2)10-15-9(18-14)16-11(17-10)20-6-3-4-8(13)7(12)5-6/h3-5H,14H2,1-2H3,(H,15,16,17,18). The Morgan fingerprint density at radius 1 is 1.30 bits per heavy atom. The van der Waals surface area contributed by atoms with E-state index < -0.39 is 5.82 Å². The number of ether oxygens (including phenoxy) is 1. The summed E-state index contributed by atoms with van der Waals surface area (Å²) in [5, 5.41) is -0.0541. The molecule has 0 saturated heterocycles. The molecule has 1 aromatic heterocycles. The van der Waals surface area contributed by atoms with Crippen LogP contribution in [0.4, 0.5) is 16.3 Å². The van der Waals surface area contributed by atoms with Gasteiger partial charge in [-0.1, -0.05) is 11.6 Å². The lowest BCUT2D eigenvalue weighted by Gasteiger charge is -2.12. The van der Waals surface area contributed by atoms with Gasteiger partial charge in [0.05, 0.1) is 5.02 Å². The molecule has 9 heteroatoms. The van der Waals surface area contributed by atoms with Crippen LogP contribution in [-0.2, 0) is 0 Å². The third kappa shape index (κ3) is 3.22. The second kappa shape index (κ2) is 5.85. The van der Waals surface area contributed by atoms with Gasteiger partial charge in [-0.15, -0.1) is 0 Å². The number of nitrogens with one attached hydrogen (secondary N) is 1. The van der Waals surface area contributed by atoms with Gasteiger partial charge in [-0.05, 0) is 12.1 Å². The molecule has 2 rings (SSSR count). The molecule has 0 spiro atoms. The van der Waals surface area contributed by atoms with Crippen molar-refractivity contribution in [2.75, 3.05) is 24.4 Å². The van der Waals surface area contributed by atoms with Gasteiger partial charge in [0.15, 0.2) is 0 Å². The third-order valence-electron chi connectivity index (χ3n) is 2.23. The van der Waals surface area contributed by atoms with Crippen LogP contribution in [0, 0.1) is 5.82 Å². The minimum absolute atomic E-state index is 0.0133. The first-order valence-corrected chi connectivity index (χ1v) is 5.90. The predicted octanol–water partition coefficient (Wildman–Crippen LogP) is 1.81. The van der Waals surface area contributed by atoms with Gasteiger partial charge in [-0.2, -0.15) is 15.0 Å². The molecule has 1 aromatic carbocycles. The number of nitrogens with two attached hydrogens (primary N) is 1. The smallest absolute Gasteiger partial charge is 0.328 e. The molecule has 0 aliphatic carbocycles. The maximum absolute atomic E-state index is 13.1. The highest BCUT2D eigenvalue weighted by molar-refractivity contribution is 6.30. The summed E-state index contributed by atoms with van der Waals surface area (Å²) in [6.07, 6.45) is 0. The Labute approximate surface area is 119 Å². The Bertz CT molecular complexity index is 624. The molecule has 0 bridgehead atoms. The van der Waals surface area contributed by atoms with Crippen LogP contribution < -0.4 is 20.9 Å². The van der Waals surface area contributed by atoms with E-state index in [-0.39, 0.29) is 17.0 Å². The highest BCUT2D eigenvalue weighted by Crippen LogP contribution is 2.25. The van der Waals surface area contributed by atoms with Crippen molar-refractivity contribution in [3.8, 4) is 11.8 Å². The van der Waals surface area contributed by atoms with E-state index in [1.807, 2.05) is 0 Å². The second-order valence-corrected chi connectivity index (χ2v) is 4.37. The summed E-state index contributed by atoms with van der Waals surface area (Å²) in [5.41, 5.74) is 2.31. The molecule has 0 saturated carbocycles. The quantitative estimate of drug-likeness (QED) is 0.657. The monoisotopic (exact) mass is 298 g/mol. The van der Waals surface area contributed by atoms with E-state index in [2.05, 4.69) is 20.4 Å². The summed E-state index contributed by atoms with van der Waals surface area (Å²) in [7, 11) is 3.52. The molecule has 7 nitrogen and oxygen atoms in total. The van der Waals surface area contributed by atoms with Crippen molar-refractivity contribution in [3.63, 3.8) is 0 Å². The molecule has 0 atom stereocenters. The van der Waals surface area contributed by atoms with Crippen molar-refractivity contribution in [2.24, 2.45) is 5.84 Å². The Kier molecular flexibility index (Phi) is 4.16. The van der Waals surface area contributed by atoms with Crippen LogP contribution in [0.15, 0.2) is 18.2 Å². The van der Waals surface area contributed by atoms with Crippen LogP contribution in [-0.4, -0.2) is 29.0 Å². The van der Waals surface area contributed by atoms with Crippen molar-refractivity contribution in [2.45, 2.75) is 0 Å². The van der Waals surface area contributed by atoms with Gasteiger partial charge in [0.25, 0.3) is 0 Å². The normalized spacial score (nSPS) is 10.2. The fourth-order valence-electron chi connectivity index (χ4n) is 1.30. The first kappa shape index (κ1) is 14.2. The Morgan fingerprint density at radius 2 is 2.05 bits per heavy atom. The lowest BCUT2D eigenvalue weighted by atomic mass is 10.3. The number of nitrogens with zero attached hydrogens (tertiary/aromatic N) is 4. The molecule has 3 N–H and O–H groups in total. The third-order valence-corrected chi connectivity index (χ3v) is 2.52. The summed E-state index contributed by atoms with van der Waals surface area (Å²) in [6.45, 7) is 0. The van der Waals surface area contributed by atoms with Crippen LogP contribution in [0.25, 0.3) is 0 Å². The minimum atomic E-state index is -0.534. The van der Waals surface area contributed by atoms with Crippen LogP contribution in [0.5, 0.6) is 11.8 Å². The number of aromatic nitrogens is 3. The molecule has 0 aliphatic rings. The number of hydrogen-bond donors (Lipinski definition) is 2. The zero-order valence-electron chi connectivity index (χ0n) is 10.8. The fraction of sp³-hybridized carbons (Fsp3) is 0.182. The number of anilines is 2. The zero-order chi connectivity index (χ0) is 14.7. The van der Waals surface area contributed by atoms with E-state index in [9.17, 15) is 4.39 Å². The zero-order valence-corrected chi connectivity index (χ0v) is 11.5.